The number of hydrogen-bond donors (Lipinski definition) is 2. The van der Waals surface area contributed by atoms with Crippen molar-refractivity contribution in [3.8, 4) is 0 Å². The van der Waals surface area contributed by atoms with Gasteiger partial charge in [-0.2, -0.15) is 13.2 Å². The Labute approximate surface area is 160 Å². The van der Waals surface area contributed by atoms with Crippen LogP contribution in [-0.2, 0) is 17.5 Å². The second-order valence-electron chi connectivity index (χ2n) is 6.09. The van der Waals surface area contributed by atoms with Crippen LogP contribution in [0.15, 0.2) is 10.4 Å². The van der Waals surface area contributed by atoms with Crippen molar-refractivity contribution in [2.24, 2.45) is 4.99 Å². The van der Waals surface area contributed by atoms with E-state index in [4.69, 9.17) is 0 Å². The lowest BCUT2D eigenvalue weighted by atomic mass is 10.3. The Hall–Kier alpha value is -1.88. The quantitative estimate of drug-likeness (QED) is 0.552. The zero-order valence-corrected chi connectivity index (χ0v) is 16.3. The summed E-state index contributed by atoms with van der Waals surface area (Å²) in [7, 11) is 0. The van der Waals surface area contributed by atoms with Crippen LogP contribution in [-0.4, -0.2) is 72.5 Å². The minimum absolute atomic E-state index is 0.0906. The van der Waals surface area contributed by atoms with Gasteiger partial charge in [0.25, 0.3) is 0 Å². The fourth-order valence-electron chi connectivity index (χ4n) is 2.62. The van der Waals surface area contributed by atoms with Gasteiger partial charge in [-0.1, -0.05) is 0 Å². The molecule has 1 aliphatic rings. The smallest absolute Gasteiger partial charge is 0.357 e. The number of alkyl halides is 3. The normalized spacial score (nSPS) is 16.5. The van der Waals surface area contributed by atoms with Crippen LogP contribution in [0.25, 0.3) is 0 Å². The van der Waals surface area contributed by atoms with Gasteiger partial charge < -0.3 is 15.5 Å². The highest BCUT2D eigenvalue weighted by molar-refractivity contribution is 7.09. The van der Waals surface area contributed by atoms with Crippen molar-refractivity contribution in [3.05, 3.63) is 16.1 Å². The molecule has 0 saturated carbocycles. The summed E-state index contributed by atoms with van der Waals surface area (Å²) in [5, 5.41) is 7.58. The Morgan fingerprint density at radius 2 is 2.00 bits per heavy atom. The number of piperazine rings is 1. The van der Waals surface area contributed by atoms with Crippen LogP contribution in [0, 0.1) is 0 Å². The van der Waals surface area contributed by atoms with E-state index in [1.54, 1.807) is 6.92 Å². The molecule has 0 unspecified atom stereocenters. The van der Waals surface area contributed by atoms with E-state index < -0.39 is 11.9 Å². The van der Waals surface area contributed by atoms with E-state index in [0.717, 1.165) is 49.4 Å². The second-order valence-corrected chi connectivity index (χ2v) is 7.04. The van der Waals surface area contributed by atoms with Gasteiger partial charge in [-0.05, 0) is 6.92 Å². The molecule has 1 aromatic rings. The van der Waals surface area contributed by atoms with E-state index in [1.807, 2.05) is 11.8 Å². The van der Waals surface area contributed by atoms with Gasteiger partial charge in [0, 0.05) is 58.1 Å². The SMILES string of the molecule is CCNC(=NCc1nc(C(F)(F)F)cs1)NCCN1CCN(C(C)=O)CC1. The highest BCUT2D eigenvalue weighted by atomic mass is 32.1. The average Bonchev–Trinajstić information content (AvgIpc) is 3.09. The third kappa shape index (κ3) is 6.98. The summed E-state index contributed by atoms with van der Waals surface area (Å²) in [6, 6.07) is 0. The highest BCUT2D eigenvalue weighted by Gasteiger charge is 2.33. The fourth-order valence-corrected chi connectivity index (χ4v) is 3.35. The van der Waals surface area contributed by atoms with Crippen LogP contribution in [0.3, 0.4) is 0 Å². The van der Waals surface area contributed by atoms with Crippen molar-refractivity contribution in [2.75, 3.05) is 45.8 Å². The maximum Gasteiger partial charge on any atom is 0.434 e. The first-order valence-corrected chi connectivity index (χ1v) is 9.69. The molecule has 1 amide bonds. The molecule has 11 heteroatoms. The Kier molecular flexibility index (Phi) is 7.84. The molecule has 1 aromatic heterocycles. The average molecular weight is 406 g/mol. The van der Waals surface area contributed by atoms with Crippen LogP contribution in [0.1, 0.15) is 24.5 Å². The number of aromatic nitrogens is 1. The van der Waals surface area contributed by atoms with Crippen molar-refractivity contribution in [1.82, 2.24) is 25.4 Å². The maximum absolute atomic E-state index is 12.6. The minimum Gasteiger partial charge on any atom is -0.357 e. The predicted octanol–water partition coefficient (Wildman–Crippen LogP) is 1.38. The number of guanidine groups is 1. The lowest BCUT2D eigenvalue weighted by molar-refractivity contribution is -0.140. The summed E-state index contributed by atoms with van der Waals surface area (Å²) >= 11 is 0.951. The summed E-state index contributed by atoms with van der Waals surface area (Å²) in [5.41, 5.74) is -0.875. The number of carbonyl (C=O) groups excluding carboxylic acids is 1. The Bertz CT molecular complexity index is 640. The monoisotopic (exact) mass is 406 g/mol. The molecule has 2 N–H and O–H groups in total. The molecule has 0 radical (unpaired) electrons. The molecule has 0 atom stereocenters. The summed E-state index contributed by atoms with van der Waals surface area (Å²) < 4.78 is 37.8. The minimum atomic E-state index is -4.42. The number of rotatable bonds is 6. The van der Waals surface area contributed by atoms with Gasteiger partial charge in [0.15, 0.2) is 11.7 Å². The molecule has 1 fully saturated rings. The zero-order valence-electron chi connectivity index (χ0n) is 15.5. The molecule has 1 saturated heterocycles. The van der Waals surface area contributed by atoms with Crippen LogP contribution in [0.4, 0.5) is 13.2 Å². The molecule has 0 spiro atoms. The Morgan fingerprint density at radius 3 is 2.56 bits per heavy atom. The number of nitrogens with one attached hydrogen (secondary N) is 2. The van der Waals surface area contributed by atoms with E-state index in [9.17, 15) is 18.0 Å². The van der Waals surface area contributed by atoms with Crippen LogP contribution in [0.5, 0.6) is 0 Å². The molecular formula is C16H25F3N6OS. The molecular weight excluding hydrogens is 381 g/mol. The third-order valence-electron chi connectivity index (χ3n) is 4.10. The maximum atomic E-state index is 12.6. The second kappa shape index (κ2) is 9.88. The van der Waals surface area contributed by atoms with Crippen LogP contribution >= 0.6 is 11.3 Å². The summed E-state index contributed by atoms with van der Waals surface area (Å²) in [6.45, 7) is 8.80. The van der Waals surface area contributed by atoms with E-state index in [2.05, 4.69) is 25.5 Å². The topological polar surface area (TPSA) is 72.9 Å². The molecule has 27 heavy (non-hydrogen) atoms. The lowest BCUT2D eigenvalue weighted by Gasteiger charge is -2.34. The van der Waals surface area contributed by atoms with Gasteiger partial charge in [-0.3, -0.25) is 9.69 Å². The van der Waals surface area contributed by atoms with E-state index in [1.165, 1.54) is 0 Å². The number of amides is 1. The van der Waals surface area contributed by atoms with Crippen LogP contribution in [0.2, 0.25) is 0 Å². The van der Waals surface area contributed by atoms with E-state index in [0.29, 0.717) is 24.1 Å². The molecule has 0 bridgehead atoms. The third-order valence-corrected chi connectivity index (χ3v) is 4.93. The highest BCUT2D eigenvalue weighted by Crippen LogP contribution is 2.30. The first-order valence-electron chi connectivity index (χ1n) is 8.81. The molecule has 0 aliphatic carbocycles. The lowest BCUT2D eigenvalue weighted by Crippen LogP contribution is -2.50. The predicted molar refractivity (Wildman–Crippen MR) is 98.6 cm³/mol. The van der Waals surface area contributed by atoms with Gasteiger partial charge in [0.2, 0.25) is 5.91 Å². The van der Waals surface area contributed by atoms with Crippen molar-refractivity contribution < 1.29 is 18.0 Å². The zero-order chi connectivity index (χ0) is 19.9. The summed E-state index contributed by atoms with van der Waals surface area (Å²) in [6.07, 6.45) is -4.42. The van der Waals surface area contributed by atoms with E-state index >= 15 is 0 Å². The van der Waals surface area contributed by atoms with Gasteiger partial charge in [-0.15, -0.1) is 11.3 Å². The van der Waals surface area contributed by atoms with Crippen LogP contribution < -0.4 is 10.6 Å². The fraction of sp³-hybridized carbons (Fsp3) is 0.688. The molecule has 0 aromatic carbocycles. The number of halogens is 3. The molecule has 152 valence electrons. The van der Waals surface area contributed by atoms with Crippen molar-refractivity contribution in [2.45, 2.75) is 26.6 Å². The number of hydrogen-bond acceptors (Lipinski definition) is 5. The number of nitrogens with zero attached hydrogens (tertiary/aromatic N) is 4. The molecule has 7 nitrogen and oxygen atoms in total. The van der Waals surface area contributed by atoms with Gasteiger partial charge in [0.05, 0.1) is 6.54 Å². The summed E-state index contributed by atoms with van der Waals surface area (Å²) in [5.74, 6) is 0.647. The Balaban J connectivity index is 1.78. The molecule has 1 aliphatic heterocycles. The van der Waals surface area contributed by atoms with Gasteiger partial charge in [0.1, 0.15) is 5.01 Å². The molecule has 2 heterocycles. The van der Waals surface area contributed by atoms with Gasteiger partial charge >= 0.3 is 6.18 Å². The Morgan fingerprint density at radius 1 is 1.30 bits per heavy atom. The molecule has 2 rings (SSSR count). The van der Waals surface area contributed by atoms with Crippen molar-refractivity contribution >= 4 is 23.2 Å². The first kappa shape index (κ1) is 21.4. The van der Waals surface area contributed by atoms with Crippen molar-refractivity contribution in [1.29, 1.82) is 0 Å². The van der Waals surface area contributed by atoms with E-state index in [-0.39, 0.29) is 12.5 Å². The number of thiazole rings is 1. The van der Waals surface area contributed by atoms with Crippen molar-refractivity contribution in [3.63, 3.8) is 0 Å². The summed E-state index contributed by atoms with van der Waals surface area (Å²) in [4.78, 5) is 23.3. The number of aliphatic imine (C=N–C) groups is 1. The number of carbonyl (C=O) groups is 1. The van der Waals surface area contributed by atoms with Gasteiger partial charge in [-0.25, -0.2) is 9.98 Å². The largest absolute Gasteiger partial charge is 0.434 e. The first-order chi connectivity index (χ1) is 12.8. The standard InChI is InChI=1S/C16H25F3N6OS/c1-3-20-15(22-10-14-23-13(11-27-14)16(17,18)19)21-4-5-24-6-8-25(9-7-24)12(2)26/h11H,3-10H2,1-2H3,(H2,20,21,22).